The number of halogens is 7. The first-order chi connectivity index (χ1) is 17.2. The number of rotatable bonds is 6. The van der Waals surface area contributed by atoms with E-state index in [1.54, 1.807) is 0 Å². The van der Waals surface area contributed by atoms with Crippen LogP contribution in [0.25, 0.3) is 21.5 Å². The Kier molecular flexibility index (Phi) is 6.83. The molecular formula is C21H14BrF6N5O3S. The van der Waals surface area contributed by atoms with Crippen molar-refractivity contribution in [1.29, 1.82) is 0 Å². The maximum atomic E-state index is 13.5. The molecule has 0 aliphatic rings. The summed E-state index contributed by atoms with van der Waals surface area (Å²) in [7, 11) is 0. The van der Waals surface area contributed by atoms with Crippen molar-refractivity contribution < 1.29 is 40.3 Å². The summed E-state index contributed by atoms with van der Waals surface area (Å²) >= 11 is 3.39. The highest BCUT2D eigenvalue weighted by Gasteiger charge is 2.38. The molecule has 16 heteroatoms. The Bertz CT molecular complexity index is 1510. The summed E-state index contributed by atoms with van der Waals surface area (Å²) in [6, 6.07) is 3.55. The molecule has 0 saturated carbocycles. The van der Waals surface area contributed by atoms with Crippen LogP contribution >= 0.6 is 27.3 Å². The standard InChI is InChI=1S/C21H14BrF6N5O3S/c1-8-14(22)17(21(26,27)28)32-33(8)5-4-12(34)31-15-13-9(10-3-2-6-36-10)7-11(20(23,24)25)30-19(13)37-16(15)18(29)35/h2-3,6-7H,4-5H2,1H3,(H2,29,35)(H,31,34). The van der Waals surface area contributed by atoms with Gasteiger partial charge in [0.2, 0.25) is 5.91 Å². The fourth-order valence-electron chi connectivity index (χ4n) is 3.49. The minimum absolute atomic E-state index is 0.00697. The van der Waals surface area contributed by atoms with E-state index < -0.39 is 35.6 Å². The summed E-state index contributed by atoms with van der Waals surface area (Å²) in [5.74, 6) is -1.77. The van der Waals surface area contributed by atoms with E-state index in [4.69, 9.17) is 10.2 Å². The number of primary amides is 1. The second-order valence-electron chi connectivity index (χ2n) is 7.65. The molecule has 0 atom stereocenters. The van der Waals surface area contributed by atoms with E-state index >= 15 is 0 Å². The Morgan fingerprint density at radius 1 is 1.22 bits per heavy atom. The summed E-state index contributed by atoms with van der Waals surface area (Å²) in [5.41, 5.74) is 2.86. The molecule has 4 heterocycles. The van der Waals surface area contributed by atoms with Gasteiger partial charge in [-0.2, -0.15) is 31.4 Å². The molecule has 4 aromatic rings. The number of hydrogen-bond acceptors (Lipinski definition) is 6. The lowest BCUT2D eigenvalue weighted by molar-refractivity contribution is -0.142. The number of anilines is 1. The number of thiophene rings is 1. The number of aromatic nitrogens is 3. The maximum Gasteiger partial charge on any atom is 0.436 e. The van der Waals surface area contributed by atoms with Gasteiger partial charge in [0.15, 0.2) is 5.69 Å². The number of carbonyl (C=O) groups is 2. The van der Waals surface area contributed by atoms with Crippen LogP contribution in [-0.4, -0.2) is 26.6 Å². The molecule has 0 aliphatic carbocycles. The minimum atomic E-state index is -4.82. The summed E-state index contributed by atoms with van der Waals surface area (Å²) < 4.78 is 85.7. The van der Waals surface area contributed by atoms with Gasteiger partial charge in [0.1, 0.15) is 21.2 Å². The summed E-state index contributed by atoms with van der Waals surface area (Å²) in [5, 5.41) is 5.93. The molecular weight excluding hydrogens is 596 g/mol. The van der Waals surface area contributed by atoms with Gasteiger partial charge >= 0.3 is 12.4 Å². The normalized spacial score (nSPS) is 12.3. The average molecular weight is 610 g/mol. The predicted molar refractivity (Wildman–Crippen MR) is 124 cm³/mol. The number of aryl methyl sites for hydroxylation is 1. The predicted octanol–water partition coefficient (Wildman–Crippen LogP) is 5.99. The fraction of sp³-hybridized carbons (Fsp3) is 0.238. The third-order valence-corrected chi connectivity index (χ3v) is 7.23. The van der Waals surface area contributed by atoms with Crippen LogP contribution < -0.4 is 11.1 Å². The summed E-state index contributed by atoms with van der Waals surface area (Å²) in [6.07, 6.45) is -8.69. The number of hydrogen-bond donors (Lipinski definition) is 2. The number of nitrogens with one attached hydrogen (secondary N) is 1. The number of fused-ring (bicyclic) bond motifs is 1. The molecule has 0 aliphatic heterocycles. The second kappa shape index (κ2) is 9.48. The molecule has 0 spiro atoms. The van der Waals surface area contributed by atoms with Crippen molar-refractivity contribution in [2.75, 3.05) is 5.32 Å². The van der Waals surface area contributed by atoms with E-state index in [1.807, 2.05) is 0 Å². The SMILES string of the molecule is Cc1c(Br)c(C(F)(F)F)nn1CCC(=O)Nc1c(C(N)=O)sc2nc(C(F)(F)F)cc(-c3ccco3)c12. The van der Waals surface area contributed by atoms with E-state index in [2.05, 4.69) is 31.3 Å². The van der Waals surface area contributed by atoms with Crippen molar-refractivity contribution >= 4 is 55.0 Å². The zero-order chi connectivity index (χ0) is 27.3. The Morgan fingerprint density at radius 3 is 2.46 bits per heavy atom. The van der Waals surface area contributed by atoms with Gasteiger partial charge in [0, 0.05) is 17.4 Å². The van der Waals surface area contributed by atoms with E-state index in [-0.39, 0.29) is 55.2 Å². The molecule has 0 saturated heterocycles. The van der Waals surface area contributed by atoms with Crippen molar-refractivity contribution in [3.63, 3.8) is 0 Å². The molecule has 0 radical (unpaired) electrons. The van der Waals surface area contributed by atoms with Gasteiger partial charge in [-0.3, -0.25) is 14.3 Å². The van der Waals surface area contributed by atoms with Gasteiger partial charge in [0.05, 0.1) is 28.7 Å². The Labute approximate surface area is 215 Å². The van der Waals surface area contributed by atoms with Crippen LogP contribution in [0.5, 0.6) is 0 Å². The number of carbonyl (C=O) groups excluding carboxylic acids is 2. The molecule has 8 nitrogen and oxygen atoms in total. The molecule has 0 bridgehead atoms. The number of pyridine rings is 1. The maximum absolute atomic E-state index is 13.5. The zero-order valence-corrected chi connectivity index (χ0v) is 20.8. The fourth-order valence-corrected chi connectivity index (χ4v) is 5.01. The Balaban J connectivity index is 1.72. The highest BCUT2D eigenvalue weighted by atomic mass is 79.9. The summed E-state index contributed by atoms with van der Waals surface area (Å²) in [4.78, 5) is 28.0. The second-order valence-corrected chi connectivity index (χ2v) is 9.44. The number of nitrogens with two attached hydrogens (primary N) is 1. The van der Waals surface area contributed by atoms with Crippen molar-refractivity contribution in [3.8, 4) is 11.3 Å². The van der Waals surface area contributed by atoms with E-state index in [9.17, 15) is 35.9 Å². The lowest BCUT2D eigenvalue weighted by Crippen LogP contribution is -2.19. The Morgan fingerprint density at radius 2 is 1.92 bits per heavy atom. The van der Waals surface area contributed by atoms with E-state index in [0.29, 0.717) is 11.3 Å². The monoisotopic (exact) mass is 609 g/mol. The lowest BCUT2D eigenvalue weighted by atomic mass is 10.1. The molecule has 3 N–H and O–H groups in total. The van der Waals surface area contributed by atoms with Gasteiger partial charge in [-0.1, -0.05) is 0 Å². The number of alkyl halides is 6. The van der Waals surface area contributed by atoms with Gasteiger partial charge in [-0.05, 0) is 41.1 Å². The first kappa shape index (κ1) is 26.7. The molecule has 0 unspecified atom stereocenters. The van der Waals surface area contributed by atoms with Gasteiger partial charge < -0.3 is 15.5 Å². The zero-order valence-electron chi connectivity index (χ0n) is 18.4. The third kappa shape index (κ3) is 5.20. The molecule has 0 fully saturated rings. The number of amides is 2. The highest BCUT2D eigenvalue weighted by molar-refractivity contribution is 9.10. The number of nitrogens with zero attached hydrogens (tertiary/aromatic N) is 3. The van der Waals surface area contributed by atoms with Crippen LogP contribution in [0.4, 0.5) is 32.0 Å². The van der Waals surface area contributed by atoms with Crippen LogP contribution in [0, 0.1) is 6.92 Å². The molecule has 0 aromatic carbocycles. The van der Waals surface area contributed by atoms with Crippen LogP contribution in [0.1, 0.15) is 33.2 Å². The molecule has 37 heavy (non-hydrogen) atoms. The number of furan rings is 1. The molecule has 4 aromatic heterocycles. The largest absolute Gasteiger partial charge is 0.464 e. The first-order valence-electron chi connectivity index (χ1n) is 10.2. The van der Waals surface area contributed by atoms with Crippen molar-refractivity contribution in [1.82, 2.24) is 14.8 Å². The third-order valence-electron chi connectivity index (χ3n) is 5.18. The van der Waals surface area contributed by atoms with Crippen molar-refractivity contribution in [2.24, 2.45) is 5.73 Å². The highest BCUT2D eigenvalue weighted by Crippen LogP contribution is 2.44. The average Bonchev–Trinajstić information content (AvgIpc) is 3.51. The van der Waals surface area contributed by atoms with E-state index in [0.717, 1.165) is 10.7 Å². The van der Waals surface area contributed by atoms with Crippen LogP contribution in [0.15, 0.2) is 33.4 Å². The quantitative estimate of drug-likeness (QED) is 0.261. The molecule has 4 rings (SSSR count). The van der Waals surface area contributed by atoms with Crippen LogP contribution in [0.3, 0.4) is 0 Å². The van der Waals surface area contributed by atoms with Gasteiger partial charge in [-0.25, -0.2) is 4.98 Å². The minimum Gasteiger partial charge on any atom is -0.464 e. The summed E-state index contributed by atoms with van der Waals surface area (Å²) in [6.45, 7) is 1.11. The van der Waals surface area contributed by atoms with E-state index in [1.165, 1.54) is 25.3 Å². The topological polar surface area (TPSA) is 116 Å². The molecule has 2 amide bonds. The van der Waals surface area contributed by atoms with Crippen molar-refractivity contribution in [3.05, 3.63) is 50.9 Å². The smallest absolute Gasteiger partial charge is 0.436 e. The van der Waals surface area contributed by atoms with Gasteiger partial charge in [0.25, 0.3) is 5.91 Å². The Hall–Kier alpha value is -3.40. The molecule has 196 valence electrons. The van der Waals surface area contributed by atoms with Crippen molar-refractivity contribution in [2.45, 2.75) is 32.2 Å². The van der Waals surface area contributed by atoms with Crippen LogP contribution in [-0.2, 0) is 23.7 Å². The van der Waals surface area contributed by atoms with Gasteiger partial charge in [-0.15, -0.1) is 11.3 Å². The first-order valence-corrected chi connectivity index (χ1v) is 11.8. The lowest BCUT2D eigenvalue weighted by Gasteiger charge is -2.11. The van der Waals surface area contributed by atoms with Crippen LogP contribution in [0.2, 0.25) is 0 Å².